The Morgan fingerprint density at radius 1 is 1.26 bits per heavy atom. The van der Waals surface area contributed by atoms with Gasteiger partial charge in [0, 0.05) is 26.0 Å². The largest absolute Gasteiger partial charge is 0.380 e. The lowest BCUT2D eigenvalue weighted by molar-refractivity contribution is 0.185. The van der Waals surface area contributed by atoms with Crippen LogP contribution in [0, 0.1) is 0 Å². The molecule has 4 heteroatoms. The second-order valence-electron chi connectivity index (χ2n) is 4.57. The monoisotopic (exact) mass is 259 g/mol. The van der Waals surface area contributed by atoms with Crippen LogP contribution in [-0.2, 0) is 17.9 Å². The molecule has 2 N–H and O–H groups in total. The Morgan fingerprint density at radius 3 is 2.58 bits per heavy atom. The molecule has 4 nitrogen and oxygen atoms in total. The van der Waals surface area contributed by atoms with Crippen molar-refractivity contribution >= 4 is 0 Å². The van der Waals surface area contributed by atoms with Crippen LogP contribution in [0.5, 0.6) is 0 Å². The van der Waals surface area contributed by atoms with E-state index in [2.05, 4.69) is 46.5 Å². The Morgan fingerprint density at radius 2 is 2.00 bits per heavy atom. The van der Waals surface area contributed by atoms with Gasteiger partial charge < -0.3 is 15.0 Å². The molecule has 0 spiro atoms. The van der Waals surface area contributed by atoms with Crippen molar-refractivity contribution in [3.8, 4) is 0 Å². The standard InChI is InChI=1S/C15H21N3O/c1-3-14(15-16-8-9-17-15)18-10-12-4-6-13(7-5-12)11-19-2/h4-9,14,18H,3,10-11H2,1-2H3,(H,16,17). The van der Waals surface area contributed by atoms with Gasteiger partial charge in [0.2, 0.25) is 0 Å². The predicted octanol–water partition coefficient (Wildman–Crippen LogP) is 2.80. The molecule has 0 fully saturated rings. The molecule has 0 radical (unpaired) electrons. The molecular formula is C15H21N3O. The van der Waals surface area contributed by atoms with Crippen LogP contribution in [0.15, 0.2) is 36.7 Å². The Kier molecular flexibility index (Phi) is 5.12. The van der Waals surface area contributed by atoms with E-state index in [0.717, 1.165) is 18.8 Å². The number of H-pyrrole nitrogens is 1. The zero-order valence-electron chi connectivity index (χ0n) is 11.5. The van der Waals surface area contributed by atoms with Gasteiger partial charge in [-0.1, -0.05) is 31.2 Å². The maximum Gasteiger partial charge on any atom is 0.123 e. The number of rotatable bonds is 7. The third kappa shape index (κ3) is 3.91. The van der Waals surface area contributed by atoms with Crippen molar-refractivity contribution in [2.75, 3.05) is 7.11 Å². The van der Waals surface area contributed by atoms with Gasteiger partial charge in [0.15, 0.2) is 0 Å². The van der Waals surface area contributed by atoms with E-state index in [1.165, 1.54) is 11.1 Å². The van der Waals surface area contributed by atoms with Crippen LogP contribution in [0.1, 0.15) is 36.3 Å². The molecule has 0 bridgehead atoms. The lowest BCUT2D eigenvalue weighted by Gasteiger charge is -2.14. The maximum absolute atomic E-state index is 5.10. The summed E-state index contributed by atoms with van der Waals surface area (Å²) >= 11 is 0. The number of hydrogen-bond acceptors (Lipinski definition) is 3. The molecule has 0 aliphatic heterocycles. The van der Waals surface area contributed by atoms with Crippen molar-refractivity contribution in [1.29, 1.82) is 0 Å². The van der Waals surface area contributed by atoms with Crippen molar-refractivity contribution < 1.29 is 4.74 Å². The van der Waals surface area contributed by atoms with Gasteiger partial charge in [-0.3, -0.25) is 0 Å². The summed E-state index contributed by atoms with van der Waals surface area (Å²) in [5.74, 6) is 0.999. The highest BCUT2D eigenvalue weighted by Gasteiger charge is 2.10. The lowest BCUT2D eigenvalue weighted by Crippen LogP contribution is -2.21. The van der Waals surface area contributed by atoms with Gasteiger partial charge in [-0.25, -0.2) is 4.98 Å². The van der Waals surface area contributed by atoms with Gasteiger partial charge in [0.25, 0.3) is 0 Å². The van der Waals surface area contributed by atoms with Crippen molar-refractivity contribution in [2.24, 2.45) is 0 Å². The molecule has 1 heterocycles. The third-order valence-corrected chi connectivity index (χ3v) is 3.14. The van der Waals surface area contributed by atoms with Gasteiger partial charge in [-0.05, 0) is 17.5 Å². The zero-order valence-corrected chi connectivity index (χ0v) is 11.5. The second kappa shape index (κ2) is 7.07. The molecule has 1 atom stereocenters. The highest BCUT2D eigenvalue weighted by Crippen LogP contribution is 2.13. The SMILES string of the molecule is CCC(NCc1ccc(COC)cc1)c1ncc[nH]1. The average Bonchev–Trinajstić information content (AvgIpc) is 2.96. The minimum Gasteiger partial charge on any atom is -0.380 e. The molecule has 102 valence electrons. The number of aromatic nitrogens is 2. The number of benzene rings is 1. The van der Waals surface area contributed by atoms with Gasteiger partial charge in [0.1, 0.15) is 5.82 Å². The van der Waals surface area contributed by atoms with Gasteiger partial charge >= 0.3 is 0 Å². The van der Waals surface area contributed by atoms with E-state index in [-0.39, 0.29) is 6.04 Å². The van der Waals surface area contributed by atoms with Crippen LogP contribution < -0.4 is 5.32 Å². The summed E-state index contributed by atoms with van der Waals surface area (Å²) < 4.78 is 5.10. The first-order chi connectivity index (χ1) is 9.33. The van der Waals surface area contributed by atoms with E-state index in [1.807, 2.05) is 6.20 Å². The van der Waals surface area contributed by atoms with E-state index in [9.17, 15) is 0 Å². The highest BCUT2D eigenvalue weighted by atomic mass is 16.5. The van der Waals surface area contributed by atoms with Crippen molar-refractivity contribution in [3.05, 3.63) is 53.6 Å². The van der Waals surface area contributed by atoms with E-state index in [4.69, 9.17) is 4.74 Å². The van der Waals surface area contributed by atoms with Crippen LogP contribution in [0.2, 0.25) is 0 Å². The summed E-state index contributed by atoms with van der Waals surface area (Å²) in [6, 6.07) is 8.75. The Labute approximate surface area is 114 Å². The predicted molar refractivity (Wildman–Crippen MR) is 75.6 cm³/mol. The quantitative estimate of drug-likeness (QED) is 0.804. The van der Waals surface area contributed by atoms with Crippen LogP contribution in [-0.4, -0.2) is 17.1 Å². The topological polar surface area (TPSA) is 49.9 Å². The summed E-state index contributed by atoms with van der Waals surface area (Å²) in [6.45, 7) is 3.66. The van der Waals surface area contributed by atoms with E-state index < -0.39 is 0 Å². The zero-order chi connectivity index (χ0) is 13.5. The molecule has 2 rings (SSSR count). The highest BCUT2D eigenvalue weighted by molar-refractivity contribution is 5.22. The molecule has 2 aromatic rings. The van der Waals surface area contributed by atoms with E-state index >= 15 is 0 Å². The smallest absolute Gasteiger partial charge is 0.123 e. The van der Waals surface area contributed by atoms with Crippen LogP contribution in [0.4, 0.5) is 0 Å². The van der Waals surface area contributed by atoms with Crippen molar-refractivity contribution in [3.63, 3.8) is 0 Å². The van der Waals surface area contributed by atoms with Gasteiger partial charge in [0.05, 0.1) is 12.6 Å². The maximum atomic E-state index is 5.10. The number of ether oxygens (including phenoxy) is 1. The summed E-state index contributed by atoms with van der Waals surface area (Å²) in [4.78, 5) is 7.46. The summed E-state index contributed by atoms with van der Waals surface area (Å²) in [6.07, 6.45) is 4.66. The first-order valence-corrected chi connectivity index (χ1v) is 6.63. The molecule has 0 aliphatic rings. The van der Waals surface area contributed by atoms with E-state index in [1.54, 1.807) is 13.3 Å². The fraction of sp³-hybridized carbons (Fsp3) is 0.400. The molecule has 1 aromatic carbocycles. The molecule has 19 heavy (non-hydrogen) atoms. The summed E-state index contributed by atoms with van der Waals surface area (Å²) in [7, 11) is 1.71. The summed E-state index contributed by atoms with van der Waals surface area (Å²) in [5.41, 5.74) is 2.47. The number of hydrogen-bond donors (Lipinski definition) is 2. The number of methoxy groups -OCH3 is 1. The molecule has 0 saturated heterocycles. The minimum absolute atomic E-state index is 0.272. The molecule has 0 amide bonds. The molecule has 1 aromatic heterocycles. The summed E-state index contributed by atoms with van der Waals surface area (Å²) in [5, 5.41) is 3.51. The third-order valence-electron chi connectivity index (χ3n) is 3.14. The first-order valence-electron chi connectivity index (χ1n) is 6.63. The first kappa shape index (κ1) is 13.8. The van der Waals surface area contributed by atoms with Crippen LogP contribution in [0.25, 0.3) is 0 Å². The lowest BCUT2D eigenvalue weighted by atomic mass is 10.1. The number of nitrogens with zero attached hydrogens (tertiary/aromatic N) is 1. The minimum atomic E-state index is 0.272. The normalized spacial score (nSPS) is 12.5. The van der Waals surface area contributed by atoms with Crippen molar-refractivity contribution in [1.82, 2.24) is 15.3 Å². The number of aromatic amines is 1. The Bertz CT molecular complexity index is 465. The number of nitrogens with one attached hydrogen (secondary N) is 2. The second-order valence-corrected chi connectivity index (χ2v) is 4.57. The van der Waals surface area contributed by atoms with Crippen LogP contribution in [0.3, 0.4) is 0 Å². The van der Waals surface area contributed by atoms with Crippen LogP contribution >= 0.6 is 0 Å². The van der Waals surface area contributed by atoms with Gasteiger partial charge in [-0.2, -0.15) is 0 Å². The fourth-order valence-electron chi connectivity index (χ4n) is 2.06. The average molecular weight is 259 g/mol. The van der Waals surface area contributed by atoms with Crippen molar-refractivity contribution in [2.45, 2.75) is 32.5 Å². The molecular weight excluding hydrogens is 238 g/mol. The Hall–Kier alpha value is -1.65. The molecule has 0 saturated carbocycles. The Balaban J connectivity index is 1.90. The molecule has 1 unspecified atom stereocenters. The molecule has 0 aliphatic carbocycles. The van der Waals surface area contributed by atoms with E-state index in [0.29, 0.717) is 6.61 Å². The fourth-order valence-corrected chi connectivity index (χ4v) is 2.06. The number of imidazole rings is 1. The van der Waals surface area contributed by atoms with Gasteiger partial charge in [-0.15, -0.1) is 0 Å².